The quantitative estimate of drug-likeness (QED) is 0.878. The molecule has 1 N–H and O–H groups in total. The van der Waals surface area contributed by atoms with Crippen molar-refractivity contribution < 1.29 is 4.79 Å². The summed E-state index contributed by atoms with van der Waals surface area (Å²) >= 11 is 0. The molecule has 1 aromatic carbocycles. The number of carbonyl (C=O) groups is 1. The predicted molar refractivity (Wildman–Crippen MR) is 109 cm³/mol. The number of hydrogen-bond donors (Lipinski definition) is 1. The van der Waals surface area contributed by atoms with Crippen molar-refractivity contribution in [1.82, 2.24) is 20.0 Å². The molecule has 0 saturated carbocycles. The summed E-state index contributed by atoms with van der Waals surface area (Å²) in [5.41, 5.74) is 0.895. The van der Waals surface area contributed by atoms with Crippen molar-refractivity contribution in [2.24, 2.45) is 0 Å². The molecular weight excluding hydrogens is 360 g/mol. The Labute approximate surface area is 167 Å². The van der Waals surface area contributed by atoms with Crippen LogP contribution in [0.4, 0.5) is 0 Å². The lowest BCUT2D eigenvalue weighted by molar-refractivity contribution is -0.143. The van der Waals surface area contributed by atoms with Crippen LogP contribution in [-0.4, -0.2) is 46.8 Å². The number of likely N-dealkylation sites (tertiary alicyclic amines) is 1. The predicted octanol–water partition coefficient (Wildman–Crippen LogP) is 3.18. The molecule has 2 saturated heterocycles. The van der Waals surface area contributed by atoms with Crippen LogP contribution in [0, 0.1) is 0 Å². The zero-order valence-electron chi connectivity index (χ0n) is 15.7. The molecule has 2 aliphatic heterocycles. The van der Waals surface area contributed by atoms with Crippen LogP contribution >= 0.6 is 12.4 Å². The fraction of sp³-hybridized carbons (Fsp3) is 0.524. The number of benzene rings is 1. The molecule has 1 aromatic heterocycles. The summed E-state index contributed by atoms with van der Waals surface area (Å²) in [6, 6.07) is 12.7. The summed E-state index contributed by atoms with van der Waals surface area (Å²) in [4.78, 5) is 15.7. The van der Waals surface area contributed by atoms with Crippen molar-refractivity contribution in [2.45, 2.75) is 43.6 Å². The second-order valence-corrected chi connectivity index (χ2v) is 7.56. The van der Waals surface area contributed by atoms with Gasteiger partial charge in [0.15, 0.2) is 0 Å². The van der Waals surface area contributed by atoms with Gasteiger partial charge in [0.2, 0.25) is 0 Å². The molecular formula is C21H29ClN4O. The molecule has 3 heterocycles. The first-order valence-corrected chi connectivity index (χ1v) is 9.85. The fourth-order valence-electron chi connectivity index (χ4n) is 4.56. The van der Waals surface area contributed by atoms with Crippen molar-refractivity contribution in [2.75, 3.05) is 26.2 Å². The van der Waals surface area contributed by atoms with Crippen LogP contribution in [0.2, 0.25) is 0 Å². The lowest BCUT2D eigenvalue weighted by atomic mass is 9.86. The third-order valence-corrected chi connectivity index (χ3v) is 6.06. The minimum Gasteiger partial charge on any atom is -0.341 e. The van der Waals surface area contributed by atoms with E-state index < -0.39 is 5.54 Å². The Bertz CT molecular complexity index is 713. The van der Waals surface area contributed by atoms with Gasteiger partial charge in [-0.2, -0.15) is 5.10 Å². The maximum atomic E-state index is 13.6. The number of hydrogen-bond acceptors (Lipinski definition) is 3. The highest BCUT2D eigenvalue weighted by Gasteiger charge is 2.44. The molecule has 6 heteroatoms. The minimum atomic E-state index is -0.513. The van der Waals surface area contributed by atoms with Gasteiger partial charge in [-0.1, -0.05) is 30.3 Å². The average molecular weight is 389 g/mol. The van der Waals surface area contributed by atoms with Gasteiger partial charge in [0.1, 0.15) is 5.54 Å². The monoisotopic (exact) mass is 388 g/mol. The van der Waals surface area contributed by atoms with Crippen molar-refractivity contribution >= 4 is 18.3 Å². The number of piperidine rings is 1. The van der Waals surface area contributed by atoms with Crippen LogP contribution in [-0.2, 0) is 10.3 Å². The van der Waals surface area contributed by atoms with Crippen molar-refractivity contribution in [3.05, 3.63) is 54.4 Å². The second kappa shape index (κ2) is 8.89. The Morgan fingerprint density at radius 1 is 1.07 bits per heavy atom. The van der Waals surface area contributed by atoms with Crippen molar-refractivity contribution in [3.63, 3.8) is 0 Å². The van der Waals surface area contributed by atoms with E-state index >= 15 is 0 Å². The zero-order valence-corrected chi connectivity index (χ0v) is 16.5. The first kappa shape index (κ1) is 19.9. The Morgan fingerprint density at radius 2 is 1.85 bits per heavy atom. The van der Waals surface area contributed by atoms with Gasteiger partial charge < -0.3 is 10.2 Å². The third-order valence-electron chi connectivity index (χ3n) is 6.06. The molecule has 1 amide bonds. The van der Waals surface area contributed by atoms with Crippen molar-refractivity contribution in [3.8, 4) is 0 Å². The van der Waals surface area contributed by atoms with E-state index in [4.69, 9.17) is 0 Å². The maximum absolute atomic E-state index is 13.6. The van der Waals surface area contributed by atoms with Crippen LogP contribution in [0.1, 0.15) is 43.6 Å². The van der Waals surface area contributed by atoms with Gasteiger partial charge in [-0.3, -0.25) is 9.48 Å². The highest BCUT2D eigenvalue weighted by atomic mass is 35.5. The van der Waals surface area contributed by atoms with Crippen molar-refractivity contribution in [1.29, 1.82) is 0 Å². The molecule has 0 radical (unpaired) electrons. The van der Waals surface area contributed by atoms with Gasteiger partial charge >= 0.3 is 0 Å². The van der Waals surface area contributed by atoms with Crippen LogP contribution in [0.15, 0.2) is 48.8 Å². The van der Waals surface area contributed by atoms with Crippen LogP contribution in [0.25, 0.3) is 0 Å². The molecule has 1 unspecified atom stereocenters. The van der Waals surface area contributed by atoms with Crippen LogP contribution in [0.5, 0.6) is 0 Å². The normalized spacial score (nSPS) is 22.5. The minimum absolute atomic E-state index is 0. The van der Waals surface area contributed by atoms with Crippen LogP contribution < -0.4 is 5.32 Å². The Kier molecular flexibility index (Phi) is 6.55. The SMILES string of the molecule is Cl.O=C(N1CCCC(c2ccccc2)CC1)C1(n2cccn2)CCNCC1. The number of amides is 1. The number of halogens is 1. The molecule has 2 aliphatic rings. The summed E-state index contributed by atoms with van der Waals surface area (Å²) in [7, 11) is 0. The Hall–Kier alpha value is -1.85. The standard InChI is InChI=1S/C21H28N4O.ClH/c26-20(21(10-13-22-14-11-21)25-16-5-12-23-25)24-15-4-8-19(9-17-24)18-6-2-1-3-7-18;/h1-3,5-7,12,16,19,22H,4,8-11,13-15,17H2;1H. The second-order valence-electron chi connectivity index (χ2n) is 7.56. The molecule has 2 fully saturated rings. The Balaban J connectivity index is 0.00000210. The van der Waals surface area contributed by atoms with E-state index in [1.807, 2.05) is 16.9 Å². The number of nitrogens with one attached hydrogen (secondary N) is 1. The van der Waals surface area contributed by atoms with Crippen LogP contribution in [0.3, 0.4) is 0 Å². The summed E-state index contributed by atoms with van der Waals surface area (Å²) in [6.07, 6.45) is 8.63. The van der Waals surface area contributed by atoms with E-state index in [1.54, 1.807) is 6.20 Å². The van der Waals surface area contributed by atoms with Gasteiger partial charge in [-0.05, 0) is 62.7 Å². The molecule has 0 bridgehead atoms. The molecule has 4 rings (SSSR count). The van der Waals surface area contributed by atoms with Gasteiger partial charge in [0.05, 0.1) is 0 Å². The molecule has 0 aliphatic carbocycles. The lowest BCUT2D eigenvalue weighted by Gasteiger charge is -2.40. The molecule has 146 valence electrons. The number of aromatic nitrogens is 2. The highest BCUT2D eigenvalue weighted by molar-refractivity contribution is 5.85. The van der Waals surface area contributed by atoms with Gasteiger partial charge in [0.25, 0.3) is 5.91 Å². The summed E-state index contributed by atoms with van der Waals surface area (Å²) in [5, 5.41) is 7.84. The molecule has 0 spiro atoms. The van der Waals surface area contributed by atoms with Gasteiger partial charge in [-0.15, -0.1) is 12.4 Å². The highest BCUT2D eigenvalue weighted by Crippen LogP contribution is 2.33. The van der Waals surface area contributed by atoms with E-state index in [0.29, 0.717) is 5.92 Å². The van der Waals surface area contributed by atoms with E-state index in [0.717, 1.165) is 58.3 Å². The average Bonchev–Trinajstić information content (AvgIpc) is 3.14. The van der Waals surface area contributed by atoms with E-state index in [9.17, 15) is 4.79 Å². The largest absolute Gasteiger partial charge is 0.341 e. The maximum Gasteiger partial charge on any atom is 0.250 e. The van der Waals surface area contributed by atoms with E-state index in [1.165, 1.54) is 5.56 Å². The molecule has 5 nitrogen and oxygen atoms in total. The smallest absolute Gasteiger partial charge is 0.250 e. The van der Waals surface area contributed by atoms with Gasteiger partial charge in [0, 0.05) is 25.5 Å². The fourth-order valence-corrected chi connectivity index (χ4v) is 4.56. The zero-order chi connectivity index (χ0) is 17.8. The molecule has 2 aromatic rings. The number of nitrogens with zero attached hydrogens (tertiary/aromatic N) is 3. The summed E-state index contributed by atoms with van der Waals surface area (Å²) in [6.45, 7) is 3.44. The Morgan fingerprint density at radius 3 is 2.56 bits per heavy atom. The first-order valence-electron chi connectivity index (χ1n) is 9.85. The number of carbonyl (C=O) groups excluding carboxylic acids is 1. The third kappa shape index (κ3) is 4.04. The first-order chi connectivity index (χ1) is 12.8. The summed E-state index contributed by atoms with van der Waals surface area (Å²) < 4.78 is 1.91. The molecule has 27 heavy (non-hydrogen) atoms. The lowest BCUT2D eigenvalue weighted by Crippen LogP contribution is -2.56. The number of rotatable bonds is 3. The van der Waals surface area contributed by atoms with E-state index in [2.05, 4.69) is 45.6 Å². The van der Waals surface area contributed by atoms with E-state index in [-0.39, 0.29) is 18.3 Å². The summed E-state index contributed by atoms with van der Waals surface area (Å²) in [5.74, 6) is 0.819. The topological polar surface area (TPSA) is 50.2 Å². The van der Waals surface area contributed by atoms with Gasteiger partial charge in [-0.25, -0.2) is 0 Å². The molecule has 1 atom stereocenters.